The molecule has 6 nitrogen and oxygen atoms in total. The van der Waals surface area contributed by atoms with Crippen molar-refractivity contribution in [1.29, 1.82) is 0 Å². The summed E-state index contributed by atoms with van der Waals surface area (Å²) in [6.07, 6.45) is 4.00. The van der Waals surface area contributed by atoms with Crippen LogP contribution in [-0.2, 0) is 9.53 Å². The summed E-state index contributed by atoms with van der Waals surface area (Å²) >= 11 is 1.13. The van der Waals surface area contributed by atoms with Crippen LogP contribution >= 0.6 is 11.8 Å². The molecule has 7 heteroatoms. The summed E-state index contributed by atoms with van der Waals surface area (Å²) in [7, 11) is 0. The first-order chi connectivity index (χ1) is 10.3. The molecule has 122 valence electrons. The number of nitrogens with zero attached hydrogens (tertiary/aromatic N) is 2. The Kier molecular flexibility index (Phi) is 5.16. The maximum atomic E-state index is 12.2. The number of hydrogen-bond acceptors (Lipinski definition) is 6. The maximum absolute atomic E-state index is 12.2. The van der Waals surface area contributed by atoms with Crippen LogP contribution in [0, 0.1) is 0 Å². The van der Waals surface area contributed by atoms with E-state index in [-0.39, 0.29) is 29.2 Å². The van der Waals surface area contributed by atoms with Gasteiger partial charge in [0.25, 0.3) is 5.56 Å². The summed E-state index contributed by atoms with van der Waals surface area (Å²) in [6, 6.07) is 1.22. The van der Waals surface area contributed by atoms with Crippen molar-refractivity contribution in [2.24, 2.45) is 0 Å². The number of rotatable bonds is 4. The largest absolute Gasteiger partial charge is 0.493 e. The highest BCUT2D eigenvalue weighted by molar-refractivity contribution is 7.99. The molecule has 0 aliphatic heterocycles. The van der Waals surface area contributed by atoms with Gasteiger partial charge in [-0.3, -0.25) is 14.2 Å². The summed E-state index contributed by atoms with van der Waals surface area (Å²) in [5.74, 6) is -0.626. The van der Waals surface area contributed by atoms with Crippen LogP contribution in [0.1, 0.15) is 52.5 Å². The lowest BCUT2D eigenvalue weighted by Gasteiger charge is -2.20. The van der Waals surface area contributed by atoms with Gasteiger partial charge in [-0.1, -0.05) is 24.6 Å². The van der Waals surface area contributed by atoms with E-state index in [0.717, 1.165) is 43.5 Å². The molecule has 0 radical (unpaired) electrons. The molecule has 0 unspecified atom stereocenters. The molecule has 0 aromatic carbocycles. The van der Waals surface area contributed by atoms with Gasteiger partial charge in [0.05, 0.1) is 11.8 Å². The van der Waals surface area contributed by atoms with E-state index in [1.165, 1.54) is 0 Å². The summed E-state index contributed by atoms with van der Waals surface area (Å²) < 4.78 is 6.85. The first kappa shape index (κ1) is 16.9. The average molecular weight is 326 g/mol. The SMILES string of the molecule is CC(C)(C)OC(=O)CSc1nc(O)cc(=O)n1C1CCCC1. The van der Waals surface area contributed by atoms with Crippen molar-refractivity contribution in [2.75, 3.05) is 5.75 Å². The lowest BCUT2D eigenvalue weighted by atomic mass is 10.2. The van der Waals surface area contributed by atoms with Crippen molar-refractivity contribution in [1.82, 2.24) is 9.55 Å². The third-order valence-corrected chi connectivity index (χ3v) is 4.26. The van der Waals surface area contributed by atoms with Gasteiger partial charge in [-0.15, -0.1) is 0 Å². The molecule has 1 fully saturated rings. The van der Waals surface area contributed by atoms with E-state index < -0.39 is 5.60 Å². The number of aromatic nitrogens is 2. The third kappa shape index (κ3) is 4.50. The molecule has 0 atom stereocenters. The van der Waals surface area contributed by atoms with E-state index in [1.807, 2.05) is 0 Å². The van der Waals surface area contributed by atoms with Gasteiger partial charge in [0, 0.05) is 6.04 Å². The molecule has 1 heterocycles. The van der Waals surface area contributed by atoms with Crippen LogP contribution in [0.2, 0.25) is 0 Å². The highest BCUT2D eigenvalue weighted by Gasteiger charge is 2.23. The predicted molar refractivity (Wildman–Crippen MR) is 84.2 cm³/mol. The Morgan fingerprint density at radius 2 is 2.09 bits per heavy atom. The fourth-order valence-corrected chi connectivity index (χ4v) is 3.40. The lowest BCUT2D eigenvalue weighted by molar-refractivity contribution is -0.151. The first-order valence-electron chi connectivity index (χ1n) is 7.43. The summed E-state index contributed by atoms with van der Waals surface area (Å²) in [5, 5.41) is 9.94. The van der Waals surface area contributed by atoms with Gasteiger partial charge in [-0.25, -0.2) is 0 Å². The Bertz CT molecular complexity index is 601. The molecule has 1 aromatic rings. The van der Waals surface area contributed by atoms with Crippen molar-refractivity contribution in [2.45, 2.75) is 63.3 Å². The van der Waals surface area contributed by atoms with Crippen LogP contribution in [0.4, 0.5) is 0 Å². The van der Waals surface area contributed by atoms with E-state index in [0.29, 0.717) is 5.16 Å². The van der Waals surface area contributed by atoms with E-state index in [4.69, 9.17) is 4.74 Å². The Labute approximate surface area is 133 Å². The fraction of sp³-hybridized carbons (Fsp3) is 0.667. The highest BCUT2D eigenvalue weighted by Crippen LogP contribution is 2.31. The molecular weight excluding hydrogens is 304 g/mol. The van der Waals surface area contributed by atoms with Crippen LogP contribution in [0.25, 0.3) is 0 Å². The Balaban J connectivity index is 2.15. The summed E-state index contributed by atoms with van der Waals surface area (Å²) in [6.45, 7) is 5.41. The van der Waals surface area contributed by atoms with Gasteiger partial charge in [-0.05, 0) is 33.6 Å². The van der Waals surface area contributed by atoms with Gasteiger partial charge in [0.2, 0.25) is 5.88 Å². The average Bonchev–Trinajstić information content (AvgIpc) is 2.87. The van der Waals surface area contributed by atoms with Gasteiger partial charge in [0.15, 0.2) is 5.16 Å². The zero-order valence-corrected chi connectivity index (χ0v) is 14.0. The monoisotopic (exact) mass is 326 g/mol. The van der Waals surface area contributed by atoms with Crippen LogP contribution in [-0.4, -0.2) is 32.0 Å². The zero-order chi connectivity index (χ0) is 16.3. The molecule has 0 spiro atoms. The Morgan fingerprint density at radius 1 is 1.45 bits per heavy atom. The van der Waals surface area contributed by atoms with Crippen LogP contribution < -0.4 is 5.56 Å². The summed E-state index contributed by atoms with van der Waals surface area (Å²) in [5.41, 5.74) is -0.819. The second-order valence-electron chi connectivity index (χ2n) is 6.42. The van der Waals surface area contributed by atoms with Crippen molar-refractivity contribution in [3.8, 4) is 5.88 Å². The minimum absolute atomic E-state index is 0.0554. The Morgan fingerprint density at radius 3 is 2.68 bits per heavy atom. The lowest BCUT2D eigenvalue weighted by Crippen LogP contribution is -2.27. The molecule has 1 aliphatic carbocycles. The second kappa shape index (κ2) is 6.73. The number of carbonyl (C=O) groups is 1. The molecule has 1 aromatic heterocycles. The van der Waals surface area contributed by atoms with Crippen molar-refractivity contribution in [3.63, 3.8) is 0 Å². The van der Waals surface area contributed by atoms with Crippen molar-refractivity contribution in [3.05, 3.63) is 16.4 Å². The number of carbonyl (C=O) groups excluding carboxylic acids is 1. The van der Waals surface area contributed by atoms with E-state index in [9.17, 15) is 14.7 Å². The molecular formula is C15H22N2O4S. The Hall–Kier alpha value is -1.50. The molecule has 1 N–H and O–H groups in total. The number of hydrogen-bond donors (Lipinski definition) is 1. The van der Waals surface area contributed by atoms with Crippen molar-refractivity contribution >= 4 is 17.7 Å². The summed E-state index contributed by atoms with van der Waals surface area (Å²) in [4.78, 5) is 28.0. The number of ether oxygens (including phenoxy) is 1. The minimum Gasteiger partial charge on any atom is -0.493 e. The smallest absolute Gasteiger partial charge is 0.316 e. The quantitative estimate of drug-likeness (QED) is 0.520. The van der Waals surface area contributed by atoms with Crippen molar-refractivity contribution < 1.29 is 14.6 Å². The third-order valence-electron chi connectivity index (χ3n) is 3.34. The molecule has 0 bridgehead atoms. The molecule has 0 amide bonds. The standard InChI is InChI=1S/C15H22N2O4S/c1-15(2,3)21-13(20)9-22-14-16-11(18)8-12(19)17(14)10-6-4-5-7-10/h8,10,18H,4-7,9H2,1-3H3. The maximum Gasteiger partial charge on any atom is 0.316 e. The van der Waals surface area contributed by atoms with Crippen LogP contribution in [0.3, 0.4) is 0 Å². The van der Waals surface area contributed by atoms with Gasteiger partial charge in [-0.2, -0.15) is 4.98 Å². The van der Waals surface area contributed by atoms with E-state index >= 15 is 0 Å². The molecule has 1 aliphatic rings. The molecule has 1 saturated carbocycles. The number of aromatic hydroxyl groups is 1. The van der Waals surface area contributed by atoms with Gasteiger partial charge in [0.1, 0.15) is 5.60 Å². The number of esters is 1. The zero-order valence-electron chi connectivity index (χ0n) is 13.2. The van der Waals surface area contributed by atoms with Crippen LogP contribution in [0.5, 0.6) is 5.88 Å². The van der Waals surface area contributed by atoms with Gasteiger partial charge < -0.3 is 9.84 Å². The minimum atomic E-state index is -0.547. The van der Waals surface area contributed by atoms with Gasteiger partial charge >= 0.3 is 5.97 Å². The molecule has 2 rings (SSSR count). The van der Waals surface area contributed by atoms with E-state index in [2.05, 4.69) is 4.98 Å². The topological polar surface area (TPSA) is 81.4 Å². The first-order valence-corrected chi connectivity index (χ1v) is 8.42. The second-order valence-corrected chi connectivity index (χ2v) is 7.36. The normalized spacial score (nSPS) is 16.0. The van der Waals surface area contributed by atoms with Crippen LogP contribution in [0.15, 0.2) is 16.0 Å². The fourth-order valence-electron chi connectivity index (χ4n) is 2.55. The highest BCUT2D eigenvalue weighted by atomic mass is 32.2. The molecule has 22 heavy (non-hydrogen) atoms. The van der Waals surface area contributed by atoms with E-state index in [1.54, 1.807) is 25.3 Å². The predicted octanol–water partition coefficient (Wildman–Crippen LogP) is 2.50. The molecule has 0 saturated heterocycles. The number of thioether (sulfide) groups is 1.